The average Bonchev–Trinajstić information content (AvgIpc) is 2.99. The molecule has 4 rings (SSSR count). The summed E-state index contributed by atoms with van der Waals surface area (Å²) in [5, 5.41) is 2.97. The van der Waals surface area contributed by atoms with Crippen LogP contribution in [0, 0.1) is 5.92 Å². The molecule has 1 saturated heterocycles. The van der Waals surface area contributed by atoms with Crippen molar-refractivity contribution in [3.8, 4) is 5.75 Å². The first-order valence-corrected chi connectivity index (χ1v) is 13.5. The molecule has 2 aromatic carbocycles. The maximum absolute atomic E-state index is 12.9. The van der Waals surface area contributed by atoms with Crippen LogP contribution in [0.3, 0.4) is 0 Å². The highest BCUT2D eigenvalue weighted by molar-refractivity contribution is 7.92. The van der Waals surface area contributed by atoms with Crippen molar-refractivity contribution in [2.45, 2.75) is 45.4 Å². The molecule has 178 valence electrons. The van der Waals surface area contributed by atoms with E-state index in [9.17, 15) is 13.2 Å². The van der Waals surface area contributed by atoms with Gasteiger partial charge in [-0.2, -0.15) is 0 Å². The number of ether oxygens (including phenoxy) is 1. The number of hydrogen-bond acceptors (Lipinski definition) is 5. The SMILES string of the molecule is CC1CCN(Cc2cccc(CNC(=O)C3CCN(S(C)(=O)=O)c4ccccc4O3)c2)CC1. The fraction of sp³-hybridized carbons (Fsp3) is 0.480. The second-order valence-electron chi connectivity index (χ2n) is 9.19. The van der Waals surface area contributed by atoms with Gasteiger partial charge in [-0.25, -0.2) is 8.42 Å². The first kappa shape index (κ1) is 23.6. The number of piperidine rings is 1. The van der Waals surface area contributed by atoms with Gasteiger partial charge in [0.2, 0.25) is 10.0 Å². The Balaban J connectivity index is 1.37. The van der Waals surface area contributed by atoms with E-state index in [2.05, 4.69) is 29.3 Å². The first-order valence-electron chi connectivity index (χ1n) is 11.6. The summed E-state index contributed by atoms with van der Waals surface area (Å²) >= 11 is 0. The number of likely N-dealkylation sites (tertiary alicyclic amines) is 1. The molecule has 7 nitrogen and oxygen atoms in total. The van der Waals surface area contributed by atoms with Crippen molar-refractivity contribution in [2.75, 3.05) is 30.2 Å². The van der Waals surface area contributed by atoms with Crippen molar-refractivity contribution in [2.24, 2.45) is 5.92 Å². The lowest BCUT2D eigenvalue weighted by molar-refractivity contribution is -0.128. The van der Waals surface area contributed by atoms with Crippen LogP contribution in [0.2, 0.25) is 0 Å². The van der Waals surface area contributed by atoms with Gasteiger partial charge < -0.3 is 10.1 Å². The lowest BCUT2D eigenvalue weighted by Gasteiger charge is -2.30. The molecule has 0 aromatic heterocycles. The maximum atomic E-state index is 12.9. The van der Waals surface area contributed by atoms with Crippen molar-refractivity contribution in [3.63, 3.8) is 0 Å². The summed E-state index contributed by atoms with van der Waals surface area (Å²) in [6.45, 7) is 6.10. The zero-order valence-electron chi connectivity index (χ0n) is 19.4. The van der Waals surface area contributed by atoms with Crippen LogP contribution >= 0.6 is 0 Å². The van der Waals surface area contributed by atoms with Gasteiger partial charge in [0.15, 0.2) is 6.10 Å². The molecule has 0 radical (unpaired) electrons. The summed E-state index contributed by atoms with van der Waals surface area (Å²) in [7, 11) is -3.47. The van der Waals surface area contributed by atoms with E-state index in [0.717, 1.165) is 31.1 Å². The monoisotopic (exact) mass is 471 g/mol. The lowest BCUT2D eigenvalue weighted by atomic mass is 9.98. The lowest BCUT2D eigenvalue weighted by Crippen LogP contribution is -2.39. The normalized spacial score (nSPS) is 19.9. The zero-order chi connectivity index (χ0) is 23.4. The van der Waals surface area contributed by atoms with Crippen LogP contribution in [0.5, 0.6) is 5.75 Å². The molecular weight excluding hydrogens is 438 g/mol. The van der Waals surface area contributed by atoms with Crippen LogP contribution in [0.15, 0.2) is 48.5 Å². The van der Waals surface area contributed by atoms with Crippen molar-refractivity contribution in [3.05, 3.63) is 59.7 Å². The van der Waals surface area contributed by atoms with Gasteiger partial charge >= 0.3 is 0 Å². The van der Waals surface area contributed by atoms with Gasteiger partial charge in [0, 0.05) is 26.1 Å². The molecule has 1 unspecified atom stereocenters. The molecule has 2 aliphatic rings. The molecule has 1 N–H and O–H groups in total. The number of para-hydroxylation sites is 2. The first-order chi connectivity index (χ1) is 15.8. The molecule has 0 saturated carbocycles. The Morgan fingerprint density at radius 1 is 1.03 bits per heavy atom. The molecule has 0 bridgehead atoms. The number of rotatable bonds is 6. The van der Waals surface area contributed by atoms with Crippen molar-refractivity contribution < 1.29 is 17.9 Å². The minimum Gasteiger partial charge on any atom is -0.478 e. The standard InChI is InChI=1S/C25H33N3O4S/c1-19-10-13-27(14-11-19)18-21-7-5-6-20(16-21)17-26-25(29)24-12-15-28(33(2,30)31)22-8-3-4-9-23(22)32-24/h3-9,16,19,24H,10-15,17-18H2,1-2H3,(H,26,29). The molecule has 1 fully saturated rings. The Morgan fingerprint density at radius 2 is 1.76 bits per heavy atom. The highest BCUT2D eigenvalue weighted by Crippen LogP contribution is 2.33. The van der Waals surface area contributed by atoms with Crippen LogP contribution in [-0.4, -0.2) is 51.2 Å². The molecule has 2 aromatic rings. The maximum Gasteiger partial charge on any atom is 0.261 e. The van der Waals surface area contributed by atoms with E-state index in [1.807, 2.05) is 12.1 Å². The van der Waals surface area contributed by atoms with Crippen LogP contribution in [-0.2, 0) is 27.9 Å². The Kier molecular flexibility index (Phi) is 7.24. The number of carbonyl (C=O) groups excluding carboxylic acids is 1. The molecule has 0 spiro atoms. The van der Waals surface area contributed by atoms with Gasteiger partial charge in [0.05, 0.1) is 11.9 Å². The van der Waals surface area contributed by atoms with E-state index in [-0.39, 0.29) is 18.9 Å². The summed E-state index contributed by atoms with van der Waals surface area (Å²) in [4.78, 5) is 15.4. The smallest absolute Gasteiger partial charge is 0.261 e. The minimum atomic E-state index is -3.47. The number of fused-ring (bicyclic) bond motifs is 1. The van der Waals surface area contributed by atoms with Gasteiger partial charge in [0.25, 0.3) is 5.91 Å². The second-order valence-corrected chi connectivity index (χ2v) is 11.1. The third-order valence-corrected chi connectivity index (χ3v) is 7.61. The molecule has 33 heavy (non-hydrogen) atoms. The van der Waals surface area contributed by atoms with E-state index in [1.54, 1.807) is 24.3 Å². The molecule has 0 aliphatic carbocycles. The number of amides is 1. The molecule has 1 atom stereocenters. The summed E-state index contributed by atoms with van der Waals surface area (Å²) < 4.78 is 31.7. The number of anilines is 1. The van der Waals surface area contributed by atoms with Gasteiger partial charge in [-0.3, -0.25) is 14.0 Å². The number of benzene rings is 2. The molecule has 2 aliphatic heterocycles. The molecule has 1 amide bonds. The van der Waals surface area contributed by atoms with Crippen LogP contribution < -0.4 is 14.4 Å². The van der Waals surface area contributed by atoms with Gasteiger partial charge in [-0.15, -0.1) is 0 Å². The Labute approximate surface area is 196 Å². The second kappa shape index (κ2) is 10.1. The minimum absolute atomic E-state index is 0.192. The predicted molar refractivity (Wildman–Crippen MR) is 130 cm³/mol. The Bertz CT molecular complexity index is 1080. The third kappa shape index (κ3) is 6.06. The molecule has 8 heteroatoms. The van der Waals surface area contributed by atoms with E-state index in [1.165, 1.54) is 29.0 Å². The van der Waals surface area contributed by atoms with Crippen molar-refractivity contribution in [1.82, 2.24) is 10.2 Å². The van der Waals surface area contributed by atoms with Crippen LogP contribution in [0.4, 0.5) is 5.69 Å². The Morgan fingerprint density at radius 3 is 2.52 bits per heavy atom. The molecule has 2 heterocycles. The van der Waals surface area contributed by atoms with Gasteiger partial charge in [-0.1, -0.05) is 43.3 Å². The summed E-state index contributed by atoms with van der Waals surface area (Å²) in [6.07, 6.45) is 3.19. The van der Waals surface area contributed by atoms with E-state index in [4.69, 9.17) is 4.74 Å². The van der Waals surface area contributed by atoms with E-state index >= 15 is 0 Å². The fourth-order valence-corrected chi connectivity index (χ4v) is 5.42. The van der Waals surface area contributed by atoms with Crippen LogP contribution in [0.25, 0.3) is 0 Å². The summed E-state index contributed by atoms with van der Waals surface area (Å²) in [5.74, 6) is 0.972. The average molecular weight is 472 g/mol. The number of nitrogens with one attached hydrogen (secondary N) is 1. The summed E-state index contributed by atoms with van der Waals surface area (Å²) in [6, 6.07) is 15.3. The van der Waals surface area contributed by atoms with Gasteiger partial charge in [0.1, 0.15) is 5.75 Å². The van der Waals surface area contributed by atoms with Crippen molar-refractivity contribution in [1.29, 1.82) is 0 Å². The van der Waals surface area contributed by atoms with E-state index in [0.29, 0.717) is 18.0 Å². The zero-order valence-corrected chi connectivity index (χ0v) is 20.2. The van der Waals surface area contributed by atoms with Gasteiger partial charge in [-0.05, 0) is 55.1 Å². The highest BCUT2D eigenvalue weighted by atomic mass is 32.2. The topological polar surface area (TPSA) is 79.0 Å². The number of nitrogens with zero attached hydrogens (tertiary/aromatic N) is 2. The number of sulfonamides is 1. The Hall–Kier alpha value is -2.58. The number of hydrogen-bond donors (Lipinski definition) is 1. The van der Waals surface area contributed by atoms with E-state index < -0.39 is 16.1 Å². The fourth-order valence-electron chi connectivity index (χ4n) is 4.48. The quantitative estimate of drug-likeness (QED) is 0.700. The number of carbonyl (C=O) groups is 1. The molecular formula is C25H33N3O4S. The predicted octanol–water partition coefficient (Wildman–Crippen LogP) is 3.15. The third-order valence-electron chi connectivity index (χ3n) is 6.43. The largest absolute Gasteiger partial charge is 0.478 e. The summed E-state index contributed by atoms with van der Waals surface area (Å²) in [5.41, 5.74) is 2.76. The highest BCUT2D eigenvalue weighted by Gasteiger charge is 2.30. The van der Waals surface area contributed by atoms with Crippen LogP contribution in [0.1, 0.15) is 37.3 Å². The van der Waals surface area contributed by atoms with Crippen molar-refractivity contribution >= 4 is 21.6 Å².